The van der Waals surface area contributed by atoms with Crippen molar-refractivity contribution in [1.82, 2.24) is 10.2 Å². The normalized spacial score (nSPS) is 10.3. The minimum absolute atomic E-state index is 0.0356. The average Bonchev–Trinajstić information content (AvgIpc) is 2.62. The van der Waals surface area contributed by atoms with Crippen LogP contribution >= 0.6 is 15.9 Å². The fraction of sp³-hybridized carbons (Fsp3) is 0.250. The van der Waals surface area contributed by atoms with Crippen LogP contribution in [0.15, 0.2) is 53.0 Å². The molecular weight excluding hydrogens is 424 g/mol. The van der Waals surface area contributed by atoms with Crippen LogP contribution in [0, 0.1) is 0 Å². The smallest absolute Gasteiger partial charge is 0.319 e. The number of benzene rings is 2. The van der Waals surface area contributed by atoms with Crippen molar-refractivity contribution in [2.45, 2.75) is 19.9 Å². The third-order valence-electron chi connectivity index (χ3n) is 3.70. The van der Waals surface area contributed by atoms with E-state index in [9.17, 15) is 14.4 Å². The number of urea groups is 1. The number of rotatable bonds is 6. The van der Waals surface area contributed by atoms with Crippen molar-refractivity contribution < 1.29 is 14.4 Å². The molecule has 8 heteroatoms. The summed E-state index contributed by atoms with van der Waals surface area (Å²) in [6, 6.07) is 13.5. The van der Waals surface area contributed by atoms with Crippen molar-refractivity contribution in [3.8, 4) is 0 Å². The molecule has 2 rings (SSSR count). The molecule has 2 aromatic carbocycles. The third-order valence-corrected chi connectivity index (χ3v) is 4.39. The Morgan fingerprint density at radius 1 is 0.964 bits per heavy atom. The van der Waals surface area contributed by atoms with Gasteiger partial charge < -0.3 is 20.9 Å². The predicted octanol–water partition coefficient (Wildman–Crippen LogP) is 3.69. The monoisotopic (exact) mass is 446 g/mol. The van der Waals surface area contributed by atoms with Gasteiger partial charge in [0.05, 0.1) is 23.5 Å². The lowest BCUT2D eigenvalue weighted by molar-refractivity contribution is -0.116. The number of nitrogens with one attached hydrogen (secondary N) is 3. The van der Waals surface area contributed by atoms with Crippen LogP contribution in [0.4, 0.5) is 16.2 Å². The largest absolute Gasteiger partial charge is 0.336 e. The highest BCUT2D eigenvalue weighted by Gasteiger charge is 2.19. The van der Waals surface area contributed by atoms with E-state index in [4.69, 9.17) is 0 Å². The topological polar surface area (TPSA) is 90.5 Å². The Hall–Kier alpha value is -2.87. The van der Waals surface area contributed by atoms with Crippen LogP contribution in [0.25, 0.3) is 0 Å². The van der Waals surface area contributed by atoms with Crippen LogP contribution in [0.1, 0.15) is 24.2 Å². The van der Waals surface area contributed by atoms with Gasteiger partial charge in [-0.2, -0.15) is 0 Å². The molecule has 4 amide bonds. The molecule has 148 valence electrons. The van der Waals surface area contributed by atoms with Crippen LogP contribution in [0.2, 0.25) is 0 Å². The second-order valence-electron chi connectivity index (χ2n) is 6.49. The zero-order valence-electron chi connectivity index (χ0n) is 16.0. The van der Waals surface area contributed by atoms with E-state index >= 15 is 0 Å². The van der Waals surface area contributed by atoms with Crippen LogP contribution in [-0.4, -0.2) is 42.4 Å². The lowest BCUT2D eigenvalue weighted by Crippen LogP contribution is -2.37. The first kappa shape index (κ1) is 21.4. The van der Waals surface area contributed by atoms with Gasteiger partial charge in [-0.3, -0.25) is 9.59 Å². The molecule has 0 saturated heterocycles. The SMILES string of the molecule is CC(C)NC(=O)Nc1ccccc1C(=O)N(C)CC(=O)Nc1ccccc1Br. The summed E-state index contributed by atoms with van der Waals surface area (Å²) < 4.78 is 0.753. The molecule has 0 aromatic heterocycles. The third kappa shape index (κ3) is 6.09. The Morgan fingerprint density at radius 3 is 2.21 bits per heavy atom. The summed E-state index contributed by atoms with van der Waals surface area (Å²) >= 11 is 3.36. The summed E-state index contributed by atoms with van der Waals surface area (Å²) in [7, 11) is 1.53. The van der Waals surface area contributed by atoms with Gasteiger partial charge in [0, 0.05) is 17.6 Å². The summed E-state index contributed by atoms with van der Waals surface area (Å²) in [4.78, 5) is 38.3. The Morgan fingerprint density at radius 2 is 1.57 bits per heavy atom. The van der Waals surface area contributed by atoms with Gasteiger partial charge in [-0.25, -0.2) is 4.79 Å². The number of carbonyl (C=O) groups is 3. The van der Waals surface area contributed by atoms with Crippen molar-refractivity contribution >= 4 is 45.2 Å². The second-order valence-corrected chi connectivity index (χ2v) is 7.34. The number of amides is 4. The maximum atomic E-state index is 12.8. The van der Waals surface area contributed by atoms with E-state index in [1.807, 2.05) is 26.0 Å². The molecule has 0 unspecified atom stereocenters. The molecule has 7 nitrogen and oxygen atoms in total. The molecule has 28 heavy (non-hydrogen) atoms. The molecule has 0 heterocycles. The molecule has 0 radical (unpaired) electrons. The Bertz CT molecular complexity index is 870. The molecule has 0 bridgehead atoms. The molecule has 2 aromatic rings. The summed E-state index contributed by atoms with van der Waals surface area (Å²) in [6.07, 6.45) is 0. The Kier molecular flexibility index (Phi) is 7.57. The number of para-hydroxylation sites is 2. The molecule has 0 fully saturated rings. The number of hydrogen-bond donors (Lipinski definition) is 3. The quantitative estimate of drug-likeness (QED) is 0.631. The zero-order valence-corrected chi connectivity index (χ0v) is 17.5. The van der Waals surface area contributed by atoms with Crippen molar-refractivity contribution in [1.29, 1.82) is 0 Å². The van der Waals surface area contributed by atoms with E-state index in [1.54, 1.807) is 36.4 Å². The molecule has 0 aliphatic carbocycles. The Labute approximate surface area is 172 Å². The first-order valence-corrected chi connectivity index (χ1v) is 9.53. The minimum atomic E-state index is -0.399. The van der Waals surface area contributed by atoms with E-state index in [1.165, 1.54) is 11.9 Å². The maximum absolute atomic E-state index is 12.8. The Balaban J connectivity index is 2.05. The van der Waals surface area contributed by atoms with Gasteiger partial charge in [0.25, 0.3) is 5.91 Å². The summed E-state index contributed by atoms with van der Waals surface area (Å²) in [5, 5.41) is 8.14. The summed E-state index contributed by atoms with van der Waals surface area (Å²) in [6.45, 7) is 3.55. The van der Waals surface area contributed by atoms with Gasteiger partial charge in [-0.05, 0) is 54.0 Å². The van der Waals surface area contributed by atoms with E-state index in [0.717, 1.165) is 4.47 Å². The number of anilines is 2. The molecule has 0 saturated carbocycles. The van der Waals surface area contributed by atoms with Gasteiger partial charge in [-0.1, -0.05) is 24.3 Å². The maximum Gasteiger partial charge on any atom is 0.319 e. The van der Waals surface area contributed by atoms with Crippen LogP contribution in [-0.2, 0) is 4.79 Å². The fourth-order valence-corrected chi connectivity index (χ4v) is 2.83. The van der Waals surface area contributed by atoms with E-state index in [2.05, 4.69) is 31.9 Å². The molecule has 0 aliphatic rings. The highest BCUT2D eigenvalue weighted by atomic mass is 79.9. The molecule has 3 N–H and O–H groups in total. The van der Waals surface area contributed by atoms with Crippen molar-refractivity contribution in [3.63, 3.8) is 0 Å². The minimum Gasteiger partial charge on any atom is -0.336 e. The van der Waals surface area contributed by atoms with Crippen molar-refractivity contribution in [2.24, 2.45) is 0 Å². The van der Waals surface area contributed by atoms with Gasteiger partial charge in [0.1, 0.15) is 0 Å². The number of carbonyl (C=O) groups excluding carboxylic acids is 3. The summed E-state index contributed by atoms with van der Waals surface area (Å²) in [5.74, 6) is -0.700. The van der Waals surface area contributed by atoms with Gasteiger partial charge in [0.15, 0.2) is 0 Å². The van der Waals surface area contributed by atoms with Crippen molar-refractivity contribution in [3.05, 3.63) is 58.6 Å². The average molecular weight is 447 g/mol. The standard InChI is InChI=1S/C20H23BrN4O3/c1-13(2)22-20(28)24-16-10-6-4-8-14(16)19(27)25(3)12-18(26)23-17-11-7-5-9-15(17)21/h4-11,13H,12H2,1-3H3,(H,23,26)(H2,22,24,28). The fourth-order valence-electron chi connectivity index (χ4n) is 2.44. The van der Waals surface area contributed by atoms with Crippen molar-refractivity contribution in [2.75, 3.05) is 24.2 Å². The van der Waals surface area contributed by atoms with E-state index < -0.39 is 6.03 Å². The van der Waals surface area contributed by atoms with E-state index in [0.29, 0.717) is 16.9 Å². The van der Waals surface area contributed by atoms with Crippen LogP contribution in [0.5, 0.6) is 0 Å². The second kappa shape index (κ2) is 9.89. The van der Waals surface area contributed by atoms with Crippen LogP contribution < -0.4 is 16.0 Å². The lowest BCUT2D eigenvalue weighted by Gasteiger charge is -2.19. The number of halogens is 1. The molecule has 0 spiro atoms. The zero-order chi connectivity index (χ0) is 20.7. The number of likely N-dealkylation sites (N-methyl/N-ethyl adjacent to an activating group) is 1. The highest BCUT2D eigenvalue weighted by Crippen LogP contribution is 2.21. The van der Waals surface area contributed by atoms with E-state index in [-0.39, 0.29) is 24.4 Å². The molecule has 0 aliphatic heterocycles. The lowest BCUT2D eigenvalue weighted by atomic mass is 10.1. The molecule has 0 atom stereocenters. The first-order chi connectivity index (χ1) is 13.3. The molecular formula is C20H23BrN4O3. The van der Waals surface area contributed by atoms with Gasteiger partial charge >= 0.3 is 6.03 Å². The van der Waals surface area contributed by atoms with Crippen LogP contribution in [0.3, 0.4) is 0 Å². The summed E-state index contributed by atoms with van der Waals surface area (Å²) in [5.41, 5.74) is 1.31. The van der Waals surface area contributed by atoms with Gasteiger partial charge in [0.2, 0.25) is 5.91 Å². The highest BCUT2D eigenvalue weighted by molar-refractivity contribution is 9.10. The number of hydrogen-bond acceptors (Lipinski definition) is 3. The predicted molar refractivity (Wildman–Crippen MR) is 113 cm³/mol. The first-order valence-electron chi connectivity index (χ1n) is 8.74. The number of nitrogens with zero attached hydrogens (tertiary/aromatic N) is 1. The van der Waals surface area contributed by atoms with Gasteiger partial charge in [-0.15, -0.1) is 0 Å².